The summed E-state index contributed by atoms with van der Waals surface area (Å²) in [6.07, 6.45) is 2.05. The molecule has 0 radical (unpaired) electrons. The van der Waals surface area contributed by atoms with Crippen LogP contribution in [-0.4, -0.2) is 29.0 Å². The number of carbonyl (C=O) groups is 2. The summed E-state index contributed by atoms with van der Waals surface area (Å²) < 4.78 is 25.3. The van der Waals surface area contributed by atoms with Gasteiger partial charge in [0.15, 0.2) is 24.0 Å². The third kappa shape index (κ3) is 3.84. The number of hydrazone groups is 1. The van der Waals surface area contributed by atoms with Crippen LogP contribution in [0.2, 0.25) is 0 Å². The van der Waals surface area contributed by atoms with Crippen LogP contribution in [0.15, 0.2) is 63.6 Å². The first-order valence-corrected chi connectivity index (χ1v) is 9.81. The number of benzene rings is 1. The molecule has 1 aliphatic heterocycles. The fourth-order valence-corrected chi connectivity index (χ4v) is 3.86. The zero-order valence-corrected chi connectivity index (χ0v) is 16.3. The second-order valence-corrected chi connectivity index (χ2v) is 7.41. The summed E-state index contributed by atoms with van der Waals surface area (Å²) in [6.45, 7) is 0.850. The van der Waals surface area contributed by atoms with Crippen LogP contribution in [0.3, 0.4) is 0 Å². The van der Waals surface area contributed by atoms with Crippen LogP contribution in [0.5, 0.6) is 5.75 Å². The van der Waals surface area contributed by atoms with Crippen LogP contribution >= 0.6 is 11.3 Å². The number of furan rings is 1. The second-order valence-electron chi connectivity index (χ2n) is 6.46. The van der Waals surface area contributed by atoms with Gasteiger partial charge in [-0.1, -0.05) is 12.1 Å². The maximum absolute atomic E-state index is 14.4. The number of hydrogen-bond donors (Lipinski definition) is 0. The fourth-order valence-electron chi connectivity index (χ4n) is 3.13. The van der Waals surface area contributed by atoms with Crippen molar-refractivity contribution in [1.29, 1.82) is 0 Å². The van der Waals surface area contributed by atoms with Crippen molar-refractivity contribution in [2.75, 3.05) is 6.61 Å². The molecule has 8 heteroatoms. The minimum absolute atomic E-state index is 0.0809. The molecule has 1 unspecified atom stereocenters. The molecular weight excluding hydrogens is 395 g/mol. The van der Waals surface area contributed by atoms with E-state index in [9.17, 15) is 14.0 Å². The monoisotopic (exact) mass is 412 g/mol. The quantitative estimate of drug-likeness (QED) is 0.561. The van der Waals surface area contributed by atoms with E-state index in [2.05, 4.69) is 5.10 Å². The van der Waals surface area contributed by atoms with E-state index in [1.54, 1.807) is 18.4 Å². The van der Waals surface area contributed by atoms with Crippen LogP contribution in [0.1, 0.15) is 40.4 Å². The van der Waals surface area contributed by atoms with Gasteiger partial charge in [0.1, 0.15) is 11.8 Å². The Labute approximate surface area is 170 Å². The molecule has 1 atom stereocenters. The third-order valence-corrected chi connectivity index (χ3v) is 5.46. The molecular formula is C21H17FN2O4S. The molecule has 29 heavy (non-hydrogen) atoms. The molecule has 0 fully saturated rings. The van der Waals surface area contributed by atoms with Crippen molar-refractivity contribution >= 4 is 28.7 Å². The maximum atomic E-state index is 14.4. The Morgan fingerprint density at radius 1 is 1.28 bits per heavy atom. The first kappa shape index (κ1) is 19.1. The first-order chi connectivity index (χ1) is 14.0. The Morgan fingerprint density at radius 3 is 2.83 bits per heavy atom. The molecule has 1 aromatic carbocycles. The highest BCUT2D eigenvalue weighted by Gasteiger charge is 2.35. The fraction of sp³-hybridized carbons (Fsp3) is 0.190. The number of ether oxygens (including phenoxy) is 1. The second kappa shape index (κ2) is 8.00. The van der Waals surface area contributed by atoms with E-state index in [4.69, 9.17) is 9.15 Å². The van der Waals surface area contributed by atoms with E-state index in [1.807, 2.05) is 17.5 Å². The van der Waals surface area contributed by atoms with Crippen LogP contribution in [0.25, 0.3) is 0 Å². The van der Waals surface area contributed by atoms with Crippen molar-refractivity contribution < 1.29 is 23.1 Å². The minimum atomic E-state index is -0.778. The number of rotatable bonds is 6. The Balaban J connectivity index is 1.54. The van der Waals surface area contributed by atoms with Gasteiger partial charge in [-0.2, -0.15) is 5.10 Å². The average Bonchev–Trinajstić information content (AvgIpc) is 3.47. The average molecular weight is 412 g/mol. The molecule has 0 saturated carbocycles. The number of Topliss-reactive ketones (excluding diaryl/α,β-unsaturated/α-hetero) is 1. The molecule has 3 heterocycles. The minimum Gasteiger partial charge on any atom is -0.481 e. The van der Waals surface area contributed by atoms with Crippen molar-refractivity contribution in [1.82, 2.24) is 5.01 Å². The maximum Gasteiger partial charge on any atom is 0.281 e. The van der Waals surface area contributed by atoms with Gasteiger partial charge in [-0.05, 0) is 42.6 Å². The third-order valence-electron chi connectivity index (χ3n) is 4.54. The van der Waals surface area contributed by atoms with Crippen molar-refractivity contribution in [3.05, 3.63) is 76.1 Å². The summed E-state index contributed by atoms with van der Waals surface area (Å²) in [7, 11) is 0. The lowest BCUT2D eigenvalue weighted by Crippen LogP contribution is -2.31. The van der Waals surface area contributed by atoms with Gasteiger partial charge in [-0.3, -0.25) is 9.59 Å². The summed E-state index contributed by atoms with van der Waals surface area (Å²) >= 11 is 1.54. The molecule has 148 valence electrons. The molecule has 0 aliphatic carbocycles. The lowest BCUT2D eigenvalue weighted by molar-refractivity contribution is -0.135. The van der Waals surface area contributed by atoms with Gasteiger partial charge >= 0.3 is 0 Å². The lowest BCUT2D eigenvalue weighted by atomic mass is 10.1. The Bertz CT molecular complexity index is 1060. The van der Waals surface area contributed by atoms with Gasteiger partial charge in [0.05, 0.1) is 22.4 Å². The number of carbonyl (C=O) groups excluding carboxylic acids is 2. The number of ketones is 1. The van der Waals surface area contributed by atoms with Crippen LogP contribution in [0.4, 0.5) is 4.39 Å². The lowest BCUT2D eigenvalue weighted by Gasteiger charge is -2.20. The topological polar surface area (TPSA) is 72.1 Å². The number of thiophene rings is 1. The van der Waals surface area contributed by atoms with E-state index in [-0.39, 0.29) is 11.3 Å². The molecule has 6 nitrogen and oxygen atoms in total. The number of nitrogens with zero attached hydrogens (tertiary/aromatic N) is 2. The van der Waals surface area contributed by atoms with Crippen molar-refractivity contribution in [2.24, 2.45) is 5.10 Å². The van der Waals surface area contributed by atoms with Gasteiger partial charge in [-0.25, -0.2) is 9.40 Å². The predicted octanol–water partition coefficient (Wildman–Crippen LogP) is 4.44. The van der Waals surface area contributed by atoms with Crippen LogP contribution < -0.4 is 4.74 Å². The largest absolute Gasteiger partial charge is 0.481 e. The normalized spacial score (nSPS) is 16.0. The molecule has 2 aromatic heterocycles. The number of hydrogen-bond acceptors (Lipinski definition) is 6. The molecule has 0 bridgehead atoms. The molecule has 1 amide bonds. The predicted molar refractivity (Wildman–Crippen MR) is 106 cm³/mol. The van der Waals surface area contributed by atoms with Gasteiger partial charge in [0, 0.05) is 6.42 Å². The molecule has 3 aromatic rings. The molecule has 0 N–H and O–H groups in total. The highest BCUT2D eigenvalue weighted by molar-refractivity contribution is 7.12. The summed E-state index contributed by atoms with van der Waals surface area (Å²) in [5.41, 5.74) is 0.696. The van der Waals surface area contributed by atoms with Gasteiger partial charge in [0.25, 0.3) is 5.91 Å². The van der Waals surface area contributed by atoms with Crippen molar-refractivity contribution in [2.45, 2.75) is 19.4 Å². The number of amides is 1. The Hall–Kier alpha value is -3.26. The SMILES string of the molecule is CC(=O)c1cccc(OCC(=O)N2N=C(c3cccs3)CC2c2ccco2)c1F. The summed E-state index contributed by atoms with van der Waals surface area (Å²) in [4.78, 5) is 25.3. The van der Waals surface area contributed by atoms with E-state index < -0.39 is 30.2 Å². The van der Waals surface area contributed by atoms with Gasteiger partial charge < -0.3 is 9.15 Å². The summed E-state index contributed by atoms with van der Waals surface area (Å²) in [5.74, 6) is -1.17. The van der Waals surface area contributed by atoms with Crippen LogP contribution in [-0.2, 0) is 4.79 Å². The number of halogens is 1. The highest BCUT2D eigenvalue weighted by atomic mass is 32.1. The van der Waals surface area contributed by atoms with E-state index in [0.29, 0.717) is 12.2 Å². The molecule has 0 spiro atoms. The molecule has 1 aliphatic rings. The Morgan fingerprint density at radius 2 is 2.14 bits per heavy atom. The standard InChI is InChI=1S/C21H17FN2O4S/c1-13(25)14-5-2-6-18(21(14)22)28-12-20(26)24-16(17-7-3-9-27-17)11-15(23-24)19-8-4-10-29-19/h2-10,16H,11-12H2,1H3. The summed E-state index contributed by atoms with van der Waals surface area (Å²) in [6, 6.07) is 11.3. The highest BCUT2D eigenvalue weighted by Crippen LogP contribution is 2.34. The Kier molecular flexibility index (Phi) is 5.26. The van der Waals surface area contributed by atoms with Crippen LogP contribution in [0, 0.1) is 5.82 Å². The summed E-state index contributed by atoms with van der Waals surface area (Å²) in [5, 5.41) is 7.73. The van der Waals surface area contributed by atoms with Crippen molar-refractivity contribution in [3.63, 3.8) is 0 Å². The van der Waals surface area contributed by atoms with E-state index >= 15 is 0 Å². The van der Waals surface area contributed by atoms with E-state index in [0.717, 1.165) is 10.6 Å². The van der Waals surface area contributed by atoms with E-state index in [1.165, 1.54) is 41.5 Å². The van der Waals surface area contributed by atoms with Gasteiger partial charge in [-0.15, -0.1) is 11.3 Å². The molecule has 4 rings (SSSR count). The first-order valence-electron chi connectivity index (χ1n) is 8.93. The smallest absolute Gasteiger partial charge is 0.281 e. The van der Waals surface area contributed by atoms with Gasteiger partial charge in [0.2, 0.25) is 0 Å². The molecule has 0 saturated heterocycles. The zero-order chi connectivity index (χ0) is 20.4. The van der Waals surface area contributed by atoms with Crippen molar-refractivity contribution in [3.8, 4) is 5.75 Å². The zero-order valence-electron chi connectivity index (χ0n) is 15.5.